The van der Waals surface area contributed by atoms with Crippen molar-refractivity contribution in [1.29, 1.82) is 0 Å². The van der Waals surface area contributed by atoms with Crippen molar-refractivity contribution in [3.8, 4) is 0 Å². The van der Waals surface area contributed by atoms with Gasteiger partial charge in [0.05, 0.1) is 5.69 Å². The number of aliphatic hydroxyl groups excluding tert-OH is 3. The van der Waals surface area contributed by atoms with E-state index in [1.807, 2.05) is 6.92 Å². The number of rotatable bonds is 3. The van der Waals surface area contributed by atoms with Crippen LogP contribution in [-0.2, 0) is 4.74 Å². The largest absolute Gasteiger partial charge is 0.387 e. The highest BCUT2D eigenvalue weighted by molar-refractivity contribution is 5.78. The lowest BCUT2D eigenvalue weighted by Crippen LogP contribution is -2.34. The molecule has 3 N–H and O–H groups in total. The summed E-state index contributed by atoms with van der Waals surface area (Å²) in [6, 6.07) is 7.06. The number of benzene rings is 1. The summed E-state index contributed by atoms with van der Waals surface area (Å²) in [4.78, 5) is 8.34. The molecule has 26 heavy (non-hydrogen) atoms. The van der Waals surface area contributed by atoms with Crippen molar-refractivity contribution < 1.29 is 24.4 Å². The molecule has 0 saturated carbocycles. The average Bonchev–Trinajstić information content (AvgIpc) is 3.18. The van der Waals surface area contributed by atoms with Gasteiger partial charge in [-0.2, -0.15) is 0 Å². The van der Waals surface area contributed by atoms with Gasteiger partial charge in [-0.3, -0.25) is 0 Å². The van der Waals surface area contributed by atoms with Crippen LogP contribution in [0.25, 0.3) is 11.0 Å². The molecule has 136 valence electrons. The lowest BCUT2D eigenvalue weighted by molar-refractivity contribution is -0.0848. The van der Waals surface area contributed by atoms with Gasteiger partial charge in [0.25, 0.3) is 0 Å². The molecule has 3 aromatic rings. The molecule has 1 saturated heterocycles. The molecule has 5 atom stereocenters. The van der Waals surface area contributed by atoms with E-state index >= 15 is 0 Å². The second-order valence-electron chi connectivity index (χ2n) is 6.39. The van der Waals surface area contributed by atoms with Gasteiger partial charge in [0.1, 0.15) is 42.2 Å². The zero-order valence-corrected chi connectivity index (χ0v) is 13.9. The molecule has 7 nitrogen and oxygen atoms in total. The fraction of sp³-hybridized carbons (Fsp3) is 0.333. The number of aryl methyl sites for hydroxylation is 1. The lowest BCUT2D eigenvalue weighted by Gasteiger charge is -2.21. The summed E-state index contributed by atoms with van der Waals surface area (Å²) in [5.74, 6) is -0.430. The van der Waals surface area contributed by atoms with Crippen molar-refractivity contribution >= 4 is 11.0 Å². The van der Waals surface area contributed by atoms with Gasteiger partial charge in [-0.15, -0.1) is 0 Å². The van der Waals surface area contributed by atoms with E-state index in [2.05, 4.69) is 9.97 Å². The molecule has 0 bridgehead atoms. The Kier molecular flexibility index (Phi) is 4.20. The maximum absolute atomic E-state index is 13.1. The molecule has 0 spiro atoms. The minimum Gasteiger partial charge on any atom is -0.387 e. The highest BCUT2D eigenvalue weighted by atomic mass is 19.1. The first kappa shape index (κ1) is 17.0. The molecule has 1 unspecified atom stereocenters. The van der Waals surface area contributed by atoms with E-state index in [0.717, 1.165) is 11.1 Å². The zero-order chi connectivity index (χ0) is 18.4. The fourth-order valence-corrected chi connectivity index (χ4v) is 3.33. The summed E-state index contributed by atoms with van der Waals surface area (Å²) in [5, 5.41) is 32.2. The van der Waals surface area contributed by atoms with Crippen LogP contribution in [0.3, 0.4) is 0 Å². The monoisotopic (exact) mass is 359 g/mol. The van der Waals surface area contributed by atoms with Gasteiger partial charge in [0, 0.05) is 11.6 Å². The molecule has 0 radical (unpaired) electrons. The second-order valence-corrected chi connectivity index (χ2v) is 6.39. The van der Waals surface area contributed by atoms with Crippen molar-refractivity contribution in [2.24, 2.45) is 0 Å². The molecule has 1 aliphatic heterocycles. The van der Waals surface area contributed by atoms with Crippen molar-refractivity contribution in [2.45, 2.75) is 37.6 Å². The zero-order valence-electron chi connectivity index (χ0n) is 13.9. The molecule has 1 aromatic carbocycles. The summed E-state index contributed by atoms with van der Waals surface area (Å²) < 4.78 is 20.5. The summed E-state index contributed by atoms with van der Waals surface area (Å²) >= 11 is 0. The predicted octanol–water partition coefficient (Wildman–Crippen LogP) is 1.23. The summed E-state index contributed by atoms with van der Waals surface area (Å²) in [5.41, 5.74) is 1.73. The van der Waals surface area contributed by atoms with Crippen LogP contribution >= 0.6 is 0 Å². The molecule has 2 aromatic heterocycles. The number of ether oxygens (including phenoxy) is 1. The van der Waals surface area contributed by atoms with Crippen LogP contribution < -0.4 is 0 Å². The maximum Gasteiger partial charge on any atom is 0.164 e. The number of nitrogens with zero attached hydrogens (tertiary/aromatic N) is 3. The molecule has 8 heteroatoms. The van der Waals surface area contributed by atoms with Crippen LogP contribution in [0.2, 0.25) is 0 Å². The Morgan fingerprint density at radius 1 is 1.12 bits per heavy atom. The standard InChI is InChI=1S/C18H18FN3O4/c1-9-12-6-7-22(17(12)21-8-20-9)18-15(25)14(24)16(26-18)13(23)10-2-4-11(19)5-3-10/h2-8,13-16,18,23-25H,1H3/t13?,14-,15+,16-,18+/m0/s1. The smallest absolute Gasteiger partial charge is 0.164 e. The molecular weight excluding hydrogens is 341 g/mol. The van der Waals surface area contributed by atoms with E-state index in [1.165, 1.54) is 30.6 Å². The first-order valence-corrected chi connectivity index (χ1v) is 8.20. The number of hydrogen-bond donors (Lipinski definition) is 3. The highest BCUT2D eigenvalue weighted by Gasteiger charge is 2.47. The first-order valence-electron chi connectivity index (χ1n) is 8.20. The highest BCUT2D eigenvalue weighted by Crippen LogP contribution is 2.37. The molecular formula is C18H18FN3O4. The van der Waals surface area contributed by atoms with Gasteiger partial charge in [0.15, 0.2) is 6.23 Å². The van der Waals surface area contributed by atoms with Gasteiger partial charge >= 0.3 is 0 Å². The Morgan fingerprint density at radius 3 is 2.58 bits per heavy atom. The third kappa shape index (κ3) is 2.67. The van der Waals surface area contributed by atoms with Gasteiger partial charge in [-0.1, -0.05) is 12.1 Å². The van der Waals surface area contributed by atoms with E-state index in [1.54, 1.807) is 16.8 Å². The third-order valence-electron chi connectivity index (χ3n) is 4.78. The average molecular weight is 359 g/mol. The van der Waals surface area contributed by atoms with E-state index < -0.39 is 36.5 Å². The Bertz CT molecular complexity index is 930. The maximum atomic E-state index is 13.1. The van der Waals surface area contributed by atoms with E-state index in [9.17, 15) is 19.7 Å². The Balaban J connectivity index is 1.65. The number of aliphatic hydroxyl groups is 3. The summed E-state index contributed by atoms with van der Waals surface area (Å²) in [7, 11) is 0. The van der Waals surface area contributed by atoms with E-state index in [0.29, 0.717) is 11.2 Å². The Labute approximate surface area is 148 Å². The molecule has 3 heterocycles. The third-order valence-corrected chi connectivity index (χ3v) is 4.78. The van der Waals surface area contributed by atoms with Crippen LogP contribution in [0.5, 0.6) is 0 Å². The quantitative estimate of drug-likeness (QED) is 0.650. The Hall–Kier alpha value is -2.39. The van der Waals surface area contributed by atoms with Gasteiger partial charge in [0.2, 0.25) is 0 Å². The minimum atomic E-state index is -1.32. The van der Waals surface area contributed by atoms with Crippen LogP contribution in [-0.4, -0.2) is 48.2 Å². The van der Waals surface area contributed by atoms with Gasteiger partial charge in [-0.25, -0.2) is 14.4 Å². The van der Waals surface area contributed by atoms with Crippen molar-refractivity contribution in [2.75, 3.05) is 0 Å². The predicted molar refractivity (Wildman–Crippen MR) is 89.5 cm³/mol. The SMILES string of the molecule is Cc1ncnc2c1ccn2[C@@H]1O[C@@H](C(O)c2ccc(F)cc2)[C@@H](O)[C@H]1O. The number of fused-ring (bicyclic) bond motifs is 1. The van der Waals surface area contributed by atoms with Crippen molar-refractivity contribution in [1.82, 2.24) is 14.5 Å². The van der Waals surface area contributed by atoms with Crippen LogP contribution in [0.1, 0.15) is 23.6 Å². The lowest BCUT2D eigenvalue weighted by atomic mass is 9.99. The normalized spacial score (nSPS) is 27.1. The minimum absolute atomic E-state index is 0.388. The van der Waals surface area contributed by atoms with Gasteiger partial charge < -0.3 is 24.6 Å². The molecule has 4 rings (SSSR count). The summed E-state index contributed by atoms with van der Waals surface area (Å²) in [6.45, 7) is 1.84. The molecule has 0 amide bonds. The molecule has 1 aliphatic rings. The van der Waals surface area contributed by atoms with E-state index in [-0.39, 0.29) is 0 Å². The number of hydrogen-bond acceptors (Lipinski definition) is 6. The molecule has 1 fully saturated rings. The van der Waals surface area contributed by atoms with Crippen LogP contribution in [0.15, 0.2) is 42.9 Å². The fourth-order valence-electron chi connectivity index (χ4n) is 3.33. The molecule has 0 aliphatic carbocycles. The Morgan fingerprint density at radius 2 is 1.85 bits per heavy atom. The van der Waals surface area contributed by atoms with Crippen molar-refractivity contribution in [3.05, 3.63) is 59.9 Å². The second kappa shape index (κ2) is 6.40. The van der Waals surface area contributed by atoms with Gasteiger partial charge in [-0.05, 0) is 30.7 Å². The summed E-state index contributed by atoms with van der Waals surface area (Å²) in [6.07, 6.45) is -2.68. The van der Waals surface area contributed by atoms with Crippen LogP contribution in [0, 0.1) is 12.7 Å². The topological polar surface area (TPSA) is 101 Å². The van der Waals surface area contributed by atoms with E-state index in [4.69, 9.17) is 4.74 Å². The van der Waals surface area contributed by atoms with Crippen molar-refractivity contribution in [3.63, 3.8) is 0 Å². The number of halogens is 1. The van der Waals surface area contributed by atoms with Crippen LogP contribution in [0.4, 0.5) is 4.39 Å². The number of aromatic nitrogens is 3. The first-order chi connectivity index (χ1) is 12.5.